The molecule has 0 unspecified atom stereocenters. The van der Waals surface area contributed by atoms with Gasteiger partial charge in [0.1, 0.15) is 0 Å². The normalized spacial score (nSPS) is 10.2. The Bertz CT molecular complexity index is 537. The van der Waals surface area contributed by atoms with Gasteiger partial charge in [0.05, 0.1) is 6.61 Å². The van der Waals surface area contributed by atoms with Crippen LogP contribution in [0.25, 0.3) is 0 Å². The van der Waals surface area contributed by atoms with Crippen LogP contribution < -0.4 is 5.32 Å². The van der Waals surface area contributed by atoms with Crippen LogP contribution in [0.5, 0.6) is 0 Å². The molecule has 0 saturated carbocycles. The van der Waals surface area contributed by atoms with E-state index in [0.29, 0.717) is 25.1 Å². The van der Waals surface area contributed by atoms with Crippen molar-refractivity contribution in [1.29, 1.82) is 0 Å². The van der Waals surface area contributed by atoms with Crippen molar-refractivity contribution in [2.24, 2.45) is 0 Å². The molecule has 5 nitrogen and oxygen atoms in total. The van der Waals surface area contributed by atoms with Crippen molar-refractivity contribution in [2.45, 2.75) is 52.4 Å². The first-order chi connectivity index (χ1) is 11.5. The zero-order valence-corrected chi connectivity index (χ0v) is 14.6. The maximum absolute atomic E-state index is 12.0. The average molecular weight is 333 g/mol. The lowest BCUT2D eigenvalue weighted by Crippen LogP contribution is -2.24. The van der Waals surface area contributed by atoms with Crippen LogP contribution in [0.2, 0.25) is 0 Å². The molecule has 0 radical (unpaired) electrons. The minimum Gasteiger partial charge on any atom is -0.466 e. The van der Waals surface area contributed by atoms with E-state index in [1.54, 1.807) is 19.1 Å². The van der Waals surface area contributed by atoms with Crippen LogP contribution in [0, 0.1) is 6.92 Å². The Kier molecular flexibility index (Phi) is 9.42. The molecule has 0 aliphatic carbocycles. The van der Waals surface area contributed by atoms with Crippen LogP contribution in [0.1, 0.15) is 61.4 Å². The van der Waals surface area contributed by atoms with Crippen LogP contribution >= 0.6 is 0 Å². The van der Waals surface area contributed by atoms with Gasteiger partial charge in [0.2, 0.25) is 5.91 Å². The number of aryl methyl sites for hydroxylation is 1. The highest BCUT2D eigenvalue weighted by molar-refractivity contribution is 5.97. The fraction of sp³-hybridized carbons (Fsp3) is 0.526. The predicted molar refractivity (Wildman–Crippen MR) is 92.9 cm³/mol. The molecular weight excluding hydrogens is 306 g/mol. The summed E-state index contributed by atoms with van der Waals surface area (Å²) in [4.78, 5) is 34.8. The fourth-order valence-electron chi connectivity index (χ4n) is 2.23. The number of amides is 1. The van der Waals surface area contributed by atoms with E-state index < -0.39 is 0 Å². The highest BCUT2D eigenvalue weighted by Crippen LogP contribution is 2.07. The number of ether oxygens (including phenoxy) is 1. The maximum Gasteiger partial charge on any atom is 0.305 e. The van der Waals surface area contributed by atoms with Crippen molar-refractivity contribution in [1.82, 2.24) is 5.32 Å². The number of unbranched alkanes of at least 4 members (excludes halogenated alkanes) is 2. The molecular formula is C19H27NO4. The van der Waals surface area contributed by atoms with Crippen LogP contribution in [0.15, 0.2) is 24.3 Å². The summed E-state index contributed by atoms with van der Waals surface area (Å²) in [6.07, 6.45) is 3.29. The van der Waals surface area contributed by atoms with Gasteiger partial charge in [-0.15, -0.1) is 0 Å². The molecule has 0 aromatic heterocycles. The van der Waals surface area contributed by atoms with Crippen molar-refractivity contribution in [3.05, 3.63) is 35.4 Å². The van der Waals surface area contributed by atoms with Gasteiger partial charge in [-0.05, 0) is 26.7 Å². The molecule has 1 amide bonds. The highest BCUT2D eigenvalue weighted by atomic mass is 16.5. The standard InChI is InChI=1S/C19H27NO4/c1-3-24-19(23)7-5-4-6-14-20-18(22)13-12-17(21)16-10-8-15(2)9-11-16/h8-11H,3-7,12-14H2,1-2H3,(H,20,22). The van der Waals surface area contributed by atoms with Crippen LogP contribution in [-0.4, -0.2) is 30.8 Å². The number of hydrogen-bond acceptors (Lipinski definition) is 4. The third kappa shape index (κ3) is 8.46. The molecule has 1 aromatic rings. The Hall–Kier alpha value is -2.17. The number of carbonyl (C=O) groups excluding carboxylic acids is 3. The molecule has 1 rings (SSSR count). The van der Waals surface area contributed by atoms with Gasteiger partial charge < -0.3 is 10.1 Å². The second-order valence-electron chi connectivity index (χ2n) is 5.75. The van der Waals surface area contributed by atoms with Crippen molar-refractivity contribution in [2.75, 3.05) is 13.2 Å². The Morgan fingerprint density at radius 2 is 1.67 bits per heavy atom. The van der Waals surface area contributed by atoms with E-state index in [9.17, 15) is 14.4 Å². The first kappa shape index (κ1) is 19.9. The number of Topliss-reactive ketones (excluding diaryl/α,β-unsaturated/α-hetero) is 1. The van der Waals surface area contributed by atoms with E-state index in [4.69, 9.17) is 4.74 Å². The number of hydrogen-bond donors (Lipinski definition) is 1. The molecule has 0 heterocycles. The van der Waals surface area contributed by atoms with Gasteiger partial charge in [-0.2, -0.15) is 0 Å². The molecule has 0 fully saturated rings. The second-order valence-corrected chi connectivity index (χ2v) is 5.75. The lowest BCUT2D eigenvalue weighted by molar-refractivity contribution is -0.143. The van der Waals surface area contributed by atoms with Gasteiger partial charge in [-0.25, -0.2) is 0 Å². The largest absolute Gasteiger partial charge is 0.466 e. The summed E-state index contributed by atoms with van der Waals surface area (Å²) in [5, 5.41) is 2.80. The summed E-state index contributed by atoms with van der Waals surface area (Å²) in [6, 6.07) is 7.37. The molecule has 0 saturated heterocycles. The fourth-order valence-corrected chi connectivity index (χ4v) is 2.23. The summed E-state index contributed by atoms with van der Waals surface area (Å²) in [6.45, 7) is 4.74. The molecule has 132 valence electrons. The third-order valence-corrected chi connectivity index (χ3v) is 3.64. The predicted octanol–water partition coefficient (Wildman–Crippen LogP) is 3.20. The minimum atomic E-state index is -0.170. The number of ketones is 1. The third-order valence-electron chi connectivity index (χ3n) is 3.64. The number of esters is 1. The molecule has 0 aliphatic rings. The molecule has 5 heteroatoms. The minimum absolute atomic E-state index is 0.0143. The van der Waals surface area contributed by atoms with E-state index in [2.05, 4.69) is 5.32 Å². The summed E-state index contributed by atoms with van der Waals surface area (Å²) in [5.74, 6) is -0.295. The molecule has 0 aliphatic heterocycles. The van der Waals surface area contributed by atoms with Crippen molar-refractivity contribution in [3.8, 4) is 0 Å². The number of nitrogens with one attached hydrogen (secondary N) is 1. The van der Waals surface area contributed by atoms with E-state index in [-0.39, 0.29) is 30.5 Å². The lowest BCUT2D eigenvalue weighted by atomic mass is 10.0. The monoisotopic (exact) mass is 333 g/mol. The van der Waals surface area contributed by atoms with Gasteiger partial charge in [0.25, 0.3) is 0 Å². The van der Waals surface area contributed by atoms with Crippen molar-refractivity contribution in [3.63, 3.8) is 0 Å². The topological polar surface area (TPSA) is 72.5 Å². The first-order valence-corrected chi connectivity index (χ1v) is 8.55. The van der Waals surface area contributed by atoms with Crippen LogP contribution in [-0.2, 0) is 14.3 Å². The molecule has 1 aromatic carbocycles. The Morgan fingerprint density at radius 1 is 0.958 bits per heavy atom. The van der Waals surface area contributed by atoms with E-state index in [1.165, 1.54) is 0 Å². The lowest BCUT2D eigenvalue weighted by Gasteiger charge is -2.05. The Balaban J connectivity index is 2.08. The summed E-state index contributed by atoms with van der Waals surface area (Å²) in [5.41, 5.74) is 1.75. The molecule has 0 spiro atoms. The second kappa shape index (κ2) is 11.4. The number of benzene rings is 1. The smallest absolute Gasteiger partial charge is 0.305 e. The van der Waals surface area contributed by atoms with Crippen molar-refractivity contribution < 1.29 is 19.1 Å². The Labute approximate surface area is 143 Å². The maximum atomic E-state index is 12.0. The first-order valence-electron chi connectivity index (χ1n) is 8.55. The van der Waals surface area contributed by atoms with Crippen LogP contribution in [0.3, 0.4) is 0 Å². The molecule has 0 atom stereocenters. The van der Waals surface area contributed by atoms with Gasteiger partial charge in [-0.3, -0.25) is 14.4 Å². The summed E-state index contributed by atoms with van der Waals surface area (Å²) < 4.78 is 4.84. The average Bonchev–Trinajstić information content (AvgIpc) is 2.56. The van der Waals surface area contributed by atoms with E-state index in [1.807, 2.05) is 19.1 Å². The number of rotatable bonds is 11. The summed E-state index contributed by atoms with van der Waals surface area (Å²) in [7, 11) is 0. The molecule has 24 heavy (non-hydrogen) atoms. The zero-order chi connectivity index (χ0) is 17.8. The zero-order valence-electron chi connectivity index (χ0n) is 14.6. The number of carbonyl (C=O) groups is 3. The van der Waals surface area contributed by atoms with Crippen molar-refractivity contribution >= 4 is 17.7 Å². The van der Waals surface area contributed by atoms with Crippen LogP contribution in [0.4, 0.5) is 0 Å². The summed E-state index contributed by atoms with van der Waals surface area (Å²) >= 11 is 0. The van der Waals surface area contributed by atoms with E-state index >= 15 is 0 Å². The van der Waals surface area contributed by atoms with Gasteiger partial charge in [0.15, 0.2) is 5.78 Å². The SMILES string of the molecule is CCOC(=O)CCCCCNC(=O)CCC(=O)c1ccc(C)cc1. The van der Waals surface area contributed by atoms with Gasteiger partial charge in [0, 0.05) is 31.4 Å². The molecule has 0 bridgehead atoms. The quantitative estimate of drug-likeness (QED) is 0.383. The van der Waals surface area contributed by atoms with Gasteiger partial charge >= 0.3 is 5.97 Å². The molecule has 1 N–H and O–H groups in total. The Morgan fingerprint density at radius 3 is 2.33 bits per heavy atom. The van der Waals surface area contributed by atoms with Gasteiger partial charge in [-0.1, -0.05) is 36.2 Å². The van der Waals surface area contributed by atoms with E-state index in [0.717, 1.165) is 24.8 Å². The highest BCUT2D eigenvalue weighted by Gasteiger charge is 2.09.